The van der Waals surface area contributed by atoms with Crippen molar-refractivity contribution in [1.29, 1.82) is 0 Å². The van der Waals surface area contributed by atoms with Crippen LogP contribution in [0.4, 0.5) is 0 Å². The number of hydrogen-bond acceptors (Lipinski definition) is 7. The molecule has 0 aliphatic carbocycles. The third-order valence-corrected chi connectivity index (χ3v) is 4.02. The number of aromatic nitrogens is 1. The summed E-state index contributed by atoms with van der Waals surface area (Å²) >= 11 is 5.46. The predicted molar refractivity (Wildman–Crippen MR) is 78.6 cm³/mol. The van der Waals surface area contributed by atoms with E-state index in [0.717, 1.165) is 5.39 Å². The molecule has 1 aromatic heterocycles. The lowest BCUT2D eigenvalue weighted by Crippen LogP contribution is -2.70. The molecule has 3 rings (SSSR count). The van der Waals surface area contributed by atoms with E-state index >= 15 is 0 Å². The van der Waals surface area contributed by atoms with Crippen molar-refractivity contribution in [3.63, 3.8) is 0 Å². The summed E-state index contributed by atoms with van der Waals surface area (Å²) in [5.41, 5.74) is -1.03. The van der Waals surface area contributed by atoms with Gasteiger partial charge in [-0.3, -0.25) is 0 Å². The summed E-state index contributed by atoms with van der Waals surface area (Å²) in [5, 5.41) is 50.4. The molecular weight excluding hydrogens is 330 g/mol. The molecule has 1 aliphatic heterocycles. The van der Waals surface area contributed by atoms with Gasteiger partial charge in [0, 0.05) is 17.0 Å². The first-order valence-corrected chi connectivity index (χ1v) is 7.27. The molecule has 1 aromatic carbocycles. The Labute approximate surface area is 135 Å². The molecule has 23 heavy (non-hydrogen) atoms. The van der Waals surface area contributed by atoms with E-state index in [-0.39, 0.29) is 5.88 Å². The number of fused-ring (bicyclic) bond motifs is 1. The molecule has 1 fully saturated rings. The zero-order chi connectivity index (χ0) is 16.8. The Balaban J connectivity index is 1.93. The average Bonchev–Trinajstić information content (AvgIpc) is 2.91. The molecule has 0 radical (unpaired) electrons. The van der Waals surface area contributed by atoms with Crippen LogP contribution in [0.15, 0.2) is 30.3 Å². The molecule has 0 amide bonds. The molecule has 6 atom stereocenters. The molecule has 1 unspecified atom stereocenters. The standard InChI is InChI=1S/C14H16ClNO7/c15-12(19)9-10(17)14(21,11(18)13(20)22-9)23-8-5-6-3-1-2-4-7(6)16-8/h1-5,9-13,16-21H/t9-,10+,11-,12?,13-,14+/m0/s1. The SMILES string of the molecule is OC(Cl)[C@H]1O[C@H](O)[C@H](O)[C@](O)(Oc2cc3ccccc3[nH]2)[C@@H]1O. The van der Waals surface area contributed by atoms with Crippen molar-refractivity contribution in [3.8, 4) is 5.88 Å². The molecule has 6 N–H and O–H groups in total. The van der Waals surface area contributed by atoms with Gasteiger partial charge in [-0.2, -0.15) is 0 Å². The third kappa shape index (κ3) is 2.79. The van der Waals surface area contributed by atoms with Crippen molar-refractivity contribution in [2.45, 2.75) is 36.0 Å². The van der Waals surface area contributed by atoms with Gasteiger partial charge in [0.2, 0.25) is 0 Å². The lowest BCUT2D eigenvalue weighted by atomic mass is 9.95. The van der Waals surface area contributed by atoms with Gasteiger partial charge in [-0.05, 0) is 6.07 Å². The molecule has 1 saturated heterocycles. The van der Waals surface area contributed by atoms with Crippen LogP contribution in [0, 0.1) is 0 Å². The van der Waals surface area contributed by atoms with Crippen LogP contribution in [-0.4, -0.2) is 66.5 Å². The van der Waals surface area contributed by atoms with Crippen molar-refractivity contribution in [2.75, 3.05) is 0 Å². The van der Waals surface area contributed by atoms with E-state index in [1.54, 1.807) is 30.3 Å². The Hall–Kier alpha value is -1.39. The van der Waals surface area contributed by atoms with Crippen LogP contribution in [0.5, 0.6) is 5.88 Å². The zero-order valence-electron chi connectivity index (χ0n) is 11.7. The number of ether oxygens (including phenoxy) is 2. The van der Waals surface area contributed by atoms with Crippen molar-refractivity contribution < 1.29 is 35.0 Å². The van der Waals surface area contributed by atoms with Gasteiger partial charge in [-0.15, -0.1) is 0 Å². The van der Waals surface area contributed by atoms with Crippen LogP contribution in [0.25, 0.3) is 10.9 Å². The first kappa shape index (κ1) is 16.5. The van der Waals surface area contributed by atoms with E-state index in [1.165, 1.54) is 0 Å². The lowest BCUT2D eigenvalue weighted by molar-refractivity contribution is -0.374. The second kappa shape index (κ2) is 5.91. The van der Waals surface area contributed by atoms with Crippen molar-refractivity contribution >= 4 is 22.5 Å². The molecular formula is C14H16ClNO7. The minimum Gasteiger partial charge on any atom is -0.441 e. The summed E-state index contributed by atoms with van der Waals surface area (Å²) in [6.07, 6.45) is -7.38. The fraction of sp³-hybridized carbons (Fsp3) is 0.429. The molecule has 0 saturated carbocycles. The van der Waals surface area contributed by atoms with E-state index in [4.69, 9.17) is 21.1 Å². The minimum absolute atomic E-state index is 0.0451. The molecule has 0 bridgehead atoms. The van der Waals surface area contributed by atoms with Crippen molar-refractivity contribution in [2.24, 2.45) is 0 Å². The Morgan fingerprint density at radius 2 is 1.91 bits per heavy atom. The van der Waals surface area contributed by atoms with Crippen LogP contribution < -0.4 is 4.74 Å². The molecule has 1 aliphatic rings. The van der Waals surface area contributed by atoms with E-state index in [1.807, 2.05) is 0 Å². The van der Waals surface area contributed by atoms with Gasteiger partial charge in [0.05, 0.1) is 0 Å². The number of alkyl halides is 1. The molecule has 2 heterocycles. The number of H-pyrrole nitrogens is 1. The first-order chi connectivity index (χ1) is 10.8. The number of benzene rings is 1. The maximum absolute atomic E-state index is 10.5. The number of halogens is 1. The Morgan fingerprint density at radius 3 is 2.57 bits per heavy atom. The normalized spacial score (nSPS) is 36.1. The highest BCUT2D eigenvalue weighted by Crippen LogP contribution is 2.34. The van der Waals surface area contributed by atoms with Crippen molar-refractivity contribution in [1.82, 2.24) is 4.98 Å². The molecule has 8 nitrogen and oxygen atoms in total. The highest BCUT2D eigenvalue weighted by Gasteiger charge is 2.59. The van der Waals surface area contributed by atoms with Crippen LogP contribution in [0.1, 0.15) is 0 Å². The van der Waals surface area contributed by atoms with Gasteiger partial charge in [0.15, 0.2) is 29.9 Å². The maximum Gasteiger partial charge on any atom is 0.269 e. The quantitative estimate of drug-likeness (QED) is 0.317. The summed E-state index contributed by atoms with van der Waals surface area (Å²) in [5.74, 6) is -2.59. The smallest absolute Gasteiger partial charge is 0.269 e. The predicted octanol–water partition coefficient (Wildman–Crippen LogP) is -0.769. The number of aromatic amines is 1. The van der Waals surface area contributed by atoms with Crippen LogP contribution in [-0.2, 0) is 4.74 Å². The topological polar surface area (TPSA) is 135 Å². The molecule has 126 valence electrons. The third-order valence-electron chi connectivity index (χ3n) is 3.78. The number of aliphatic hydroxyl groups excluding tert-OH is 4. The number of aliphatic hydroxyl groups is 5. The second-order valence-corrected chi connectivity index (χ2v) is 5.78. The highest BCUT2D eigenvalue weighted by atomic mass is 35.5. The molecule has 0 spiro atoms. The second-order valence-electron chi connectivity index (χ2n) is 5.33. The lowest BCUT2D eigenvalue weighted by Gasteiger charge is -2.46. The van der Waals surface area contributed by atoms with Gasteiger partial charge in [0.25, 0.3) is 5.79 Å². The van der Waals surface area contributed by atoms with Gasteiger partial charge >= 0.3 is 0 Å². The fourth-order valence-corrected chi connectivity index (χ4v) is 2.74. The summed E-state index contributed by atoms with van der Waals surface area (Å²) < 4.78 is 10.1. The highest BCUT2D eigenvalue weighted by molar-refractivity contribution is 6.19. The summed E-state index contributed by atoms with van der Waals surface area (Å²) in [7, 11) is 0. The van der Waals surface area contributed by atoms with Gasteiger partial charge in [-0.25, -0.2) is 0 Å². The Bertz CT molecular complexity index is 660. The maximum atomic E-state index is 10.5. The minimum atomic E-state index is -2.64. The van der Waals surface area contributed by atoms with E-state index in [2.05, 4.69) is 4.98 Å². The fourth-order valence-electron chi connectivity index (χ4n) is 2.54. The van der Waals surface area contributed by atoms with E-state index < -0.39 is 36.0 Å². The molecule has 9 heteroatoms. The number of hydrogen-bond donors (Lipinski definition) is 6. The average molecular weight is 346 g/mol. The van der Waals surface area contributed by atoms with Crippen LogP contribution in [0.3, 0.4) is 0 Å². The first-order valence-electron chi connectivity index (χ1n) is 6.84. The summed E-state index contributed by atoms with van der Waals surface area (Å²) in [6, 6.07) is 8.69. The van der Waals surface area contributed by atoms with E-state index in [0.29, 0.717) is 5.52 Å². The van der Waals surface area contributed by atoms with Gasteiger partial charge in [0.1, 0.15) is 6.10 Å². The van der Waals surface area contributed by atoms with Crippen LogP contribution >= 0.6 is 11.6 Å². The zero-order valence-corrected chi connectivity index (χ0v) is 12.5. The Kier molecular flexibility index (Phi) is 4.23. The van der Waals surface area contributed by atoms with Gasteiger partial charge in [-0.1, -0.05) is 29.8 Å². The van der Waals surface area contributed by atoms with Crippen LogP contribution in [0.2, 0.25) is 0 Å². The monoisotopic (exact) mass is 345 g/mol. The summed E-state index contributed by atoms with van der Waals surface area (Å²) in [6.45, 7) is 0. The molecule has 2 aromatic rings. The van der Waals surface area contributed by atoms with Crippen molar-refractivity contribution in [3.05, 3.63) is 30.3 Å². The van der Waals surface area contributed by atoms with E-state index in [9.17, 15) is 25.5 Å². The number of nitrogens with one attached hydrogen (secondary N) is 1. The number of rotatable bonds is 3. The summed E-state index contributed by atoms with van der Waals surface area (Å²) in [4.78, 5) is 2.85. The Morgan fingerprint density at radius 1 is 1.22 bits per heavy atom. The number of para-hydroxylation sites is 1. The largest absolute Gasteiger partial charge is 0.441 e. The van der Waals surface area contributed by atoms with Gasteiger partial charge < -0.3 is 40.0 Å².